The highest BCUT2D eigenvalue weighted by atomic mass is 79.9. The highest BCUT2D eigenvalue weighted by Crippen LogP contribution is 2.21. The van der Waals surface area contributed by atoms with Crippen LogP contribution in [-0.4, -0.2) is 23.1 Å². The Morgan fingerprint density at radius 2 is 2.05 bits per heavy atom. The lowest BCUT2D eigenvalue weighted by Gasteiger charge is -2.15. The second-order valence-corrected chi connectivity index (χ2v) is 7.65. The molecule has 0 fully saturated rings. The molecular weight excluding hydrogens is 356 g/mol. The van der Waals surface area contributed by atoms with E-state index in [0.29, 0.717) is 13.0 Å². The van der Waals surface area contributed by atoms with E-state index in [1.807, 2.05) is 19.1 Å². The van der Waals surface area contributed by atoms with Gasteiger partial charge >= 0.3 is 12.0 Å². The molecule has 1 heterocycles. The molecule has 1 aromatic rings. The summed E-state index contributed by atoms with van der Waals surface area (Å²) in [7, 11) is 0. The molecule has 0 bridgehead atoms. The number of carboxylic acids is 1. The molecule has 0 aliphatic heterocycles. The number of aliphatic carboxylic acids is 1. The zero-order valence-corrected chi connectivity index (χ0v) is 14.6. The average Bonchev–Trinajstić information content (AvgIpc) is 2.82. The van der Waals surface area contributed by atoms with E-state index in [9.17, 15) is 9.59 Å². The lowest BCUT2D eigenvalue weighted by atomic mass is 10.0. The molecule has 1 aromatic heterocycles. The molecular formula is C14H21BrN2O3S. The Morgan fingerprint density at radius 3 is 2.62 bits per heavy atom. The standard InChI is InChI=1S/C14H21BrN2O3S/c1-9(13(18)19)4-3-5-10(2)17-14(20)16-8-11-6-7-12(15)21-11/h6-7,9-10H,3-5,8H2,1-2H3,(H,18,19)(H2,16,17,20). The Labute approximate surface area is 137 Å². The zero-order chi connectivity index (χ0) is 15.8. The fraction of sp³-hybridized carbons (Fsp3) is 0.571. The van der Waals surface area contributed by atoms with Gasteiger partial charge in [-0.05, 0) is 47.8 Å². The first kappa shape index (κ1) is 18.0. The molecule has 5 nitrogen and oxygen atoms in total. The summed E-state index contributed by atoms with van der Waals surface area (Å²) >= 11 is 4.96. The van der Waals surface area contributed by atoms with E-state index in [4.69, 9.17) is 5.11 Å². The van der Waals surface area contributed by atoms with Crippen LogP contribution in [0.4, 0.5) is 4.79 Å². The van der Waals surface area contributed by atoms with Gasteiger partial charge in [-0.15, -0.1) is 11.3 Å². The average molecular weight is 377 g/mol. The van der Waals surface area contributed by atoms with Gasteiger partial charge in [0.25, 0.3) is 0 Å². The maximum atomic E-state index is 11.7. The van der Waals surface area contributed by atoms with E-state index < -0.39 is 5.97 Å². The van der Waals surface area contributed by atoms with Crippen LogP contribution in [0.3, 0.4) is 0 Å². The lowest BCUT2D eigenvalue weighted by molar-refractivity contribution is -0.141. The van der Waals surface area contributed by atoms with Crippen LogP contribution in [-0.2, 0) is 11.3 Å². The van der Waals surface area contributed by atoms with Crippen molar-refractivity contribution in [1.29, 1.82) is 0 Å². The summed E-state index contributed by atoms with van der Waals surface area (Å²) in [6.45, 7) is 4.13. The van der Waals surface area contributed by atoms with Crippen LogP contribution in [0.25, 0.3) is 0 Å². The number of carbonyl (C=O) groups excluding carboxylic acids is 1. The second-order valence-electron chi connectivity index (χ2n) is 5.10. The van der Waals surface area contributed by atoms with Gasteiger partial charge in [-0.3, -0.25) is 4.79 Å². The topological polar surface area (TPSA) is 78.4 Å². The van der Waals surface area contributed by atoms with Gasteiger partial charge in [0.2, 0.25) is 0 Å². The summed E-state index contributed by atoms with van der Waals surface area (Å²) in [5.41, 5.74) is 0. The molecule has 0 aliphatic rings. The van der Waals surface area contributed by atoms with Gasteiger partial charge in [0.15, 0.2) is 0 Å². The summed E-state index contributed by atoms with van der Waals surface area (Å²) in [5.74, 6) is -1.10. The minimum Gasteiger partial charge on any atom is -0.481 e. The van der Waals surface area contributed by atoms with Crippen LogP contribution in [0.15, 0.2) is 15.9 Å². The van der Waals surface area contributed by atoms with Crippen molar-refractivity contribution < 1.29 is 14.7 Å². The fourth-order valence-corrected chi connectivity index (χ4v) is 3.24. The molecule has 1 rings (SSSR count). The molecule has 21 heavy (non-hydrogen) atoms. The van der Waals surface area contributed by atoms with E-state index in [1.165, 1.54) is 0 Å². The van der Waals surface area contributed by atoms with Gasteiger partial charge in [-0.2, -0.15) is 0 Å². The second kappa shape index (κ2) is 9.04. The molecule has 2 unspecified atom stereocenters. The van der Waals surface area contributed by atoms with Gasteiger partial charge in [0.05, 0.1) is 16.2 Å². The molecule has 0 aliphatic carbocycles. The minimum atomic E-state index is -0.768. The number of halogens is 1. The SMILES string of the molecule is CC(CCCC(C)C(=O)O)NC(=O)NCc1ccc(Br)s1. The van der Waals surface area contributed by atoms with Gasteiger partial charge in [0, 0.05) is 10.9 Å². The molecule has 7 heteroatoms. The van der Waals surface area contributed by atoms with Crippen molar-refractivity contribution >= 4 is 39.3 Å². The highest BCUT2D eigenvalue weighted by molar-refractivity contribution is 9.11. The normalized spacial score (nSPS) is 13.5. The molecule has 0 radical (unpaired) electrons. The Bertz CT molecular complexity index is 479. The molecule has 0 spiro atoms. The van der Waals surface area contributed by atoms with Crippen LogP contribution in [0, 0.1) is 5.92 Å². The summed E-state index contributed by atoms with van der Waals surface area (Å²) in [4.78, 5) is 23.5. The number of amides is 2. The first-order valence-corrected chi connectivity index (χ1v) is 8.50. The molecule has 0 aromatic carbocycles. The maximum Gasteiger partial charge on any atom is 0.315 e. The number of hydrogen-bond acceptors (Lipinski definition) is 3. The molecule has 0 saturated heterocycles. The van der Waals surface area contributed by atoms with Crippen LogP contribution in [0.1, 0.15) is 38.0 Å². The smallest absolute Gasteiger partial charge is 0.315 e. The highest BCUT2D eigenvalue weighted by Gasteiger charge is 2.12. The van der Waals surface area contributed by atoms with Crippen LogP contribution >= 0.6 is 27.3 Å². The number of carboxylic acid groups (broad SMARTS) is 1. The van der Waals surface area contributed by atoms with Crippen molar-refractivity contribution in [2.45, 2.75) is 45.7 Å². The van der Waals surface area contributed by atoms with Gasteiger partial charge in [-0.1, -0.05) is 13.3 Å². The van der Waals surface area contributed by atoms with E-state index in [0.717, 1.165) is 21.5 Å². The van der Waals surface area contributed by atoms with E-state index >= 15 is 0 Å². The van der Waals surface area contributed by atoms with E-state index in [1.54, 1.807) is 18.3 Å². The summed E-state index contributed by atoms with van der Waals surface area (Å²) in [6, 6.07) is 3.75. The third-order valence-electron chi connectivity index (χ3n) is 3.13. The Balaban J connectivity index is 2.17. The van der Waals surface area contributed by atoms with Crippen LogP contribution in [0.5, 0.6) is 0 Å². The molecule has 0 saturated carbocycles. The number of urea groups is 1. The monoisotopic (exact) mass is 376 g/mol. The molecule has 3 N–H and O–H groups in total. The maximum absolute atomic E-state index is 11.7. The largest absolute Gasteiger partial charge is 0.481 e. The third kappa shape index (κ3) is 7.47. The first-order valence-electron chi connectivity index (χ1n) is 6.90. The summed E-state index contributed by atoms with van der Waals surface area (Å²) in [6.07, 6.45) is 2.19. The van der Waals surface area contributed by atoms with Crippen molar-refractivity contribution in [1.82, 2.24) is 10.6 Å². The molecule has 2 amide bonds. The minimum absolute atomic E-state index is 0.0288. The Hall–Kier alpha value is -1.08. The van der Waals surface area contributed by atoms with Crippen molar-refractivity contribution in [3.63, 3.8) is 0 Å². The lowest BCUT2D eigenvalue weighted by Crippen LogP contribution is -2.40. The molecule has 2 atom stereocenters. The van der Waals surface area contributed by atoms with Crippen molar-refractivity contribution in [3.8, 4) is 0 Å². The Morgan fingerprint density at radius 1 is 1.33 bits per heavy atom. The van der Waals surface area contributed by atoms with E-state index in [-0.39, 0.29) is 18.0 Å². The predicted molar refractivity (Wildman–Crippen MR) is 87.5 cm³/mol. The number of rotatable bonds is 8. The van der Waals surface area contributed by atoms with Gasteiger partial charge < -0.3 is 15.7 Å². The van der Waals surface area contributed by atoms with E-state index in [2.05, 4.69) is 26.6 Å². The van der Waals surface area contributed by atoms with Gasteiger partial charge in [0.1, 0.15) is 0 Å². The van der Waals surface area contributed by atoms with Crippen LogP contribution in [0.2, 0.25) is 0 Å². The number of thiophene rings is 1. The number of nitrogens with one attached hydrogen (secondary N) is 2. The van der Waals surface area contributed by atoms with Crippen molar-refractivity contribution in [2.75, 3.05) is 0 Å². The van der Waals surface area contributed by atoms with Crippen LogP contribution < -0.4 is 10.6 Å². The van der Waals surface area contributed by atoms with Crippen molar-refractivity contribution in [3.05, 3.63) is 20.8 Å². The molecule has 118 valence electrons. The summed E-state index contributed by atoms with van der Waals surface area (Å²) in [5, 5.41) is 14.5. The van der Waals surface area contributed by atoms with Gasteiger partial charge in [-0.25, -0.2) is 4.79 Å². The first-order chi connectivity index (χ1) is 9.88. The van der Waals surface area contributed by atoms with Crippen molar-refractivity contribution in [2.24, 2.45) is 5.92 Å². The summed E-state index contributed by atoms with van der Waals surface area (Å²) < 4.78 is 1.04. The number of carbonyl (C=O) groups is 2. The fourth-order valence-electron chi connectivity index (χ4n) is 1.81. The quantitative estimate of drug-likeness (QED) is 0.648. The number of hydrogen-bond donors (Lipinski definition) is 3. The third-order valence-corrected chi connectivity index (χ3v) is 4.75. The Kier molecular flexibility index (Phi) is 7.74. The predicted octanol–water partition coefficient (Wildman–Crippen LogP) is 3.59. The zero-order valence-electron chi connectivity index (χ0n) is 12.2.